The van der Waals surface area contributed by atoms with Crippen molar-refractivity contribution in [1.29, 1.82) is 0 Å². The van der Waals surface area contributed by atoms with Gasteiger partial charge in [0.05, 0.1) is 21.6 Å². The lowest BCUT2D eigenvalue weighted by molar-refractivity contribution is -0.129. The number of ether oxygens (including phenoxy) is 3. The van der Waals surface area contributed by atoms with E-state index in [1.807, 2.05) is 0 Å². The Hall–Kier alpha value is -2.87. The van der Waals surface area contributed by atoms with Gasteiger partial charge in [0.1, 0.15) is 12.4 Å². The monoisotopic (exact) mass is 549 g/mol. The minimum absolute atomic E-state index is 0.0195. The van der Waals surface area contributed by atoms with Gasteiger partial charge in [-0.05, 0) is 64.0 Å². The standard InChI is InChI=1S/C24H15BrCl2FNO4/c1-31-21-10-13(8-16(25)22(21)32-12-15-4-2-3-5-19(15)28)9-20-24(30)33-23(29-20)14-6-7-17(26)18(27)11-14/h2-11H,12H2,1H3/b20-9-. The molecule has 9 heteroatoms. The highest BCUT2D eigenvalue weighted by Crippen LogP contribution is 2.38. The topological polar surface area (TPSA) is 57.1 Å². The lowest BCUT2D eigenvalue weighted by Gasteiger charge is -2.14. The number of carbonyl (C=O) groups excluding carboxylic acids is 1. The Bertz CT molecular complexity index is 1310. The molecule has 1 aliphatic rings. The van der Waals surface area contributed by atoms with E-state index >= 15 is 0 Å². The molecule has 0 atom stereocenters. The number of hydrogen-bond acceptors (Lipinski definition) is 5. The van der Waals surface area contributed by atoms with Crippen LogP contribution in [0.5, 0.6) is 11.5 Å². The van der Waals surface area contributed by atoms with Gasteiger partial charge in [-0.3, -0.25) is 0 Å². The van der Waals surface area contributed by atoms with Crippen molar-refractivity contribution in [3.8, 4) is 11.5 Å². The Kier molecular flexibility index (Phi) is 7.02. The van der Waals surface area contributed by atoms with Crippen molar-refractivity contribution in [3.05, 3.63) is 97.3 Å². The number of nitrogens with zero attached hydrogens (tertiary/aromatic N) is 1. The van der Waals surface area contributed by atoms with E-state index in [9.17, 15) is 9.18 Å². The fraction of sp³-hybridized carbons (Fsp3) is 0.0833. The zero-order valence-corrected chi connectivity index (χ0v) is 20.2. The van der Waals surface area contributed by atoms with Gasteiger partial charge in [0.25, 0.3) is 0 Å². The van der Waals surface area contributed by atoms with Crippen LogP contribution in [0, 0.1) is 5.82 Å². The Morgan fingerprint density at radius 3 is 2.64 bits per heavy atom. The van der Waals surface area contributed by atoms with Crippen LogP contribution in [0.15, 0.2) is 69.8 Å². The first-order chi connectivity index (χ1) is 15.9. The van der Waals surface area contributed by atoms with Gasteiger partial charge in [-0.1, -0.05) is 41.4 Å². The third-order valence-electron chi connectivity index (χ3n) is 4.67. The first-order valence-corrected chi connectivity index (χ1v) is 11.1. The first kappa shape index (κ1) is 23.3. The molecule has 0 aliphatic carbocycles. The molecular formula is C24H15BrCl2FNO4. The van der Waals surface area contributed by atoms with Gasteiger partial charge in [0, 0.05) is 11.1 Å². The number of carbonyl (C=O) groups is 1. The smallest absolute Gasteiger partial charge is 0.363 e. The summed E-state index contributed by atoms with van der Waals surface area (Å²) >= 11 is 15.4. The van der Waals surface area contributed by atoms with Crippen molar-refractivity contribution in [2.75, 3.05) is 7.11 Å². The predicted molar refractivity (Wildman–Crippen MR) is 128 cm³/mol. The Morgan fingerprint density at radius 1 is 1.12 bits per heavy atom. The summed E-state index contributed by atoms with van der Waals surface area (Å²) in [5, 5.41) is 0.709. The van der Waals surface area contributed by atoms with Gasteiger partial charge in [0.2, 0.25) is 5.90 Å². The van der Waals surface area contributed by atoms with E-state index in [1.165, 1.54) is 13.2 Å². The van der Waals surface area contributed by atoms with Gasteiger partial charge < -0.3 is 14.2 Å². The minimum Gasteiger partial charge on any atom is -0.493 e. The highest BCUT2D eigenvalue weighted by atomic mass is 79.9. The highest BCUT2D eigenvalue weighted by Gasteiger charge is 2.25. The average molecular weight is 551 g/mol. The molecule has 1 heterocycles. The third kappa shape index (κ3) is 5.21. The van der Waals surface area contributed by atoms with E-state index in [0.717, 1.165) is 0 Å². The van der Waals surface area contributed by atoms with Crippen molar-refractivity contribution in [1.82, 2.24) is 0 Å². The van der Waals surface area contributed by atoms with E-state index in [1.54, 1.807) is 54.6 Å². The molecule has 0 saturated heterocycles. The van der Waals surface area contributed by atoms with Crippen molar-refractivity contribution in [2.45, 2.75) is 6.61 Å². The largest absolute Gasteiger partial charge is 0.493 e. The normalized spacial score (nSPS) is 14.3. The lowest BCUT2D eigenvalue weighted by atomic mass is 10.1. The summed E-state index contributed by atoms with van der Waals surface area (Å²) in [4.78, 5) is 16.6. The van der Waals surface area contributed by atoms with E-state index in [0.29, 0.717) is 42.7 Å². The predicted octanol–water partition coefficient (Wildman–Crippen LogP) is 6.83. The zero-order chi connectivity index (χ0) is 23.5. The summed E-state index contributed by atoms with van der Waals surface area (Å²) in [6.07, 6.45) is 1.56. The number of rotatable bonds is 6. The Balaban J connectivity index is 1.60. The molecule has 4 rings (SSSR count). The van der Waals surface area contributed by atoms with Crippen LogP contribution in [0.25, 0.3) is 6.08 Å². The second-order valence-electron chi connectivity index (χ2n) is 6.88. The van der Waals surface area contributed by atoms with E-state index in [4.69, 9.17) is 37.4 Å². The number of cyclic esters (lactones) is 1. The van der Waals surface area contributed by atoms with Gasteiger partial charge in [-0.2, -0.15) is 0 Å². The maximum Gasteiger partial charge on any atom is 0.363 e. The highest BCUT2D eigenvalue weighted by molar-refractivity contribution is 9.10. The van der Waals surface area contributed by atoms with Gasteiger partial charge >= 0.3 is 5.97 Å². The lowest BCUT2D eigenvalue weighted by Crippen LogP contribution is -2.05. The second-order valence-corrected chi connectivity index (χ2v) is 8.55. The molecule has 33 heavy (non-hydrogen) atoms. The van der Waals surface area contributed by atoms with Crippen LogP contribution in [0.3, 0.4) is 0 Å². The summed E-state index contributed by atoms with van der Waals surface area (Å²) in [5.41, 5.74) is 1.65. The minimum atomic E-state index is -0.606. The number of esters is 1. The molecule has 0 spiro atoms. The van der Waals surface area contributed by atoms with Crippen LogP contribution < -0.4 is 9.47 Å². The molecule has 0 saturated carbocycles. The van der Waals surface area contributed by atoms with E-state index < -0.39 is 5.97 Å². The van der Waals surface area contributed by atoms with E-state index in [-0.39, 0.29) is 24.0 Å². The molecule has 5 nitrogen and oxygen atoms in total. The van der Waals surface area contributed by atoms with E-state index in [2.05, 4.69) is 20.9 Å². The fourth-order valence-electron chi connectivity index (χ4n) is 3.05. The number of halogens is 4. The van der Waals surface area contributed by atoms with Crippen LogP contribution in [-0.4, -0.2) is 19.0 Å². The molecule has 0 amide bonds. The number of hydrogen-bond donors (Lipinski definition) is 0. The molecule has 0 bridgehead atoms. The van der Waals surface area contributed by atoms with Crippen molar-refractivity contribution >= 4 is 57.1 Å². The third-order valence-corrected chi connectivity index (χ3v) is 6.00. The Labute approximate surface area is 207 Å². The van der Waals surface area contributed by atoms with Gasteiger partial charge in [-0.15, -0.1) is 0 Å². The quantitative estimate of drug-likeness (QED) is 0.249. The molecule has 0 fully saturated rings. The summed E-state index contributed by atoms with van der Waals surface area (Å²) in [5.74, 6) is -0.0411. The molecule has 1 aliphatic heterocycles. The molecule has 0 radical (unpaired) electrons. The SMILES string of the molecule is COc1cc(/C=C2\N=C(c3ccc(Cl)c(Cl)c3)OC2=O)cc(Br)c1OCc1ccccc1F. The average Bonchev–Trinajstić information content (AvgIpc) is 3.15. The second kappa shape index (κ2) is 9.95. The summed E-state index contributed by atoms with van der Waals surface area (Å²) in [6, 6.07) is 14.6. The number of benzene rings is 3. The van der Waals surface area contributed by atoms with Crippen LogP contribution in [0.2, 0.25) is 10.0 Å². The molecule has 0 unspecified atom stereocenters. The van der Waals surface area contributed by atoms with Crippen LogP contribution in [0.1, 0.15) is 16.7 Å². The Morgan fingerprint density at radius 2 is 1.91 bits per heavy atom. The first-order valence-electron chi connectivity index (χ1n) is 9.57. The summed E-state index contributed by atoms with van der Waals surface area (Å²) < 4.78 is 31.0. The van der Waals surface area contributed by atoms with Gasteiger partial charge in [0.15, 0.2) is 17.2 Å². The number of aliphatic imine (C=N–C) groups is 1. The summed E-state index contributed by atoms with van der Waals surface area (Å²) in [7, 11) is 1.49. The maximum atomic E-state index is 13.9. The van der Waals surface area contributed by atoms with Crippen molar-refractivity contribution in [2.24, 2.45) is 4.99 Å². The molecule has 3 aromatic rings. The number of methoxy groups -OCH3 is 1. The molecular weight excluding hydrogens is 536 g/mol. The molecule has 3 aromatic carbocycles. The van der Waals surface area contributed by atoms with Crippen molar-refractivity contribution in [3.63, 3.8) is 0 Å². The maximum absolute atomic E-state index is 13.9. The van der Waals surface area contributed by atoms with Crippen LogP contribution in [-0.2, 0) is 16.1 Å². The van der Waals surface area contributed by atoms with Crippen LogP contribution in [0.4, 0.5) is 4.39 Å². The molecule has 0 aromatic heterocycles. The van der Waals surface area contributed by atoms with Crippen molar-refractivity contribution < 1.29 is 23.4 Å². The van der Waals surface area contributed by atoms with Crippen LogP contribution >= 0.6 is 39.1 Å². The summed E-state index contributed by atoms with van der Waals surface area (Å²) in [6.45, 7) is 0.0195. The zero-order valence-electron chi connectivity index (χ0n) is 17.1. The van der Waals surface area contributed by atoms with Gasteiger partial charge in [-0.25, -0.2) is 14.2 Å². The molecule has 168 valence electrons. The molecule has 0 N–H and O–H groups in total. The fourth-order valence-corrected chi connectivity index (χ4v) is 3.92.